The maximum absolute atomic E-state index is 13.0. The minimum Gasteiger partial charge on any atom is -0.474 e. The van der Waals surface area contributed by atoms with Crippen LogP contribution in [0, 0.1) is 11.7 Å². The van der Waals surface area contributed by atoms with Crippen LogP contribution in [0.15, 0.2) is 36.5 Å². The van der Waals surface area contributed by atoms with E-state index >= 15 is 0 Å². The van der Waals surface area contributed by atoms with Crippen molar-refractivity contribution in [3.63, 3.8) is 0 Å². The second-order valence-corrected chi connectivity index (χ2v) is 6.96. The summed E-state index contributed by atoms with van der Waals surface area (Å²) in [5, 5.41) is 3.65. The zero-order valence-corrected chi connectivity index (χ0v) is 13.8. The van der Waals surface area contributed by atoms with Gasteiger partial charge >= 0.3 is 0 Å². The molecule has 24 heavy (non-hydrogen) atoms. The first-order valence-electron chi connectivity index (χ1n) is 8.90. The highest BCUT2D eigenvalue weighted by Crippen LogP contribution is 2.34. The van der Waals surface area contributed by atoms with E-state index in [0.29, 0.717) is 24.4 Å². The van der Waals surface area contributed by atoms with Gasteiger partial charge < -0.3 is 10.1 Å². The fraction of sp³-hybridized carbons (Fsp3) is 0.450. The van der Waals surface area contributed by atoms with Crippen LogP contribution in [0.25, 0.3) is 0 Å². The zero-order valence-electron chi connectivity index (χ0n) is 13.8. The fourth-order valence-electron chi connectivity index (χ4n) is 3.85. The third-order valence-corrected chi connectivity index (χ3v) is 5.19. The molecule has 0 amide bonds. The maximum atomic E-state index is 13.0. The third kappa shape index (κ3) is 3.37. The van der Waals surface area contributed by atoms with Crippen LogP contribution >= 0.6 is 0 Å². The van der Waals surface area contributed by atoms with E-state index in [2.05, 4.69) is 16.4 Å². The van der Waals surface area contributed by atoms with Gasteiger partial charge in [0.15, 0.2) is 0 Å². The number of aromatic nitrogens is 1. The van der Waals surface area contributed by atoms with Gasteiger partial charge in [0.25, 0.3) is 0 Å². The van der Waals surface area contributed by atoms with Crippen LogP contribution in [0.2, 0.25) is 0 Å². The second-order valence-electron chi connectivity index (χ2n) is 6.96. The summed E-state index contributed by atoms with van der Waals surface area (Å²) in [5.41, 5.74) is 3.19. The predicted molar refractivity (Wildman–Crippen MR) is 92.9 cm³/mol. The summed E-state index contributed by atoms with van der Waals surface area (Å²) in [6, 6.07) is 9.16. The lowest BCUT2D eigenvalue weighted by atomic mass is 9.84. The lowest BCUT2D eigenvalue weighted by Gasteiger charge is -2.34. The highest BCUT2D eigenvalue weighted by molar-refractivity contribution is 5.56. The summed E-state index contributed by atoms with van der Waals surface area (Å²) in [5.74, 6) is 1.20. The average molecular weight is 326 g/mol. The molecule has 0 spiro atoms. The number of anilines is 1. The van der Waals surface area contributed by atoms with Crippen molar-refractivity contribution < 1.29 is 9.13 Å². The Kier molecular flexibility index (Phi) is 4.37. The molecule has 0 saturated heterocycles. The van der Waals surface area contributed by atoms with Gasteiger partial charge in [0, 0.05) is 6.20 Å². The van der Waals surface area contributed by atoms with Gasteiger partial charge in [-0.1, -0.05) is 31.4 Å². The Morgan fingerprint density at radius 2 is 1.88 bits per heavy atom. The molecule has 2 aliphatic rings. The van der Waals surface area contributed by atoms with Gasteiger partial charge in [0.2, 0.25) is 5.88 Å². The molecule has 2 aromatic rings. The molecule has 1 aliphatic carbocycles. The van der Waals surface area contributed by atoms with Crippen LogP contribution < -0.4 is 10.1 Å². The lowest BCUT2D eigenvalue weighted by Crippen LogP contribution is -2.39. The molecule has 126 valence electrons. The molecule has 1 saturated carbocycles. The average Bonchev–Trinajstić information content (AvgIpc) is 2.64. The first kappa shape index (κ1) is 15.4. The molecule has 1 atom stereocenters. The van der Waals surface area contributed by atoms with Crippen LogP contribution in [-0.2, 0) is 6.42 Å². The summed E-state index contributed by atoms with van der Waals surface area (Å²) >= 11 is 0. The van der Waals surface area contributed by atoms with Crippen molar-refractivity contribution >= 4 is 5.69 Å². The molecule has 0 radical (unpaired) electrons. The molecule has 2 heterocycles. The summed E-state index contributed by atoms with van der Waals surface area (Å²) < 4.78 is 18.9. The van der Waals surface area contributed by atoms with Gasteiger partial charge in [0.05, 0.1) is 11.7 Å². The van der Waals surface area contributed by atoms with E-state index in [1.54, 1.807) is 0 Å². The Labute approximate surface area is 142 Å². The lowest BCUT2D eigenvalue weighted by molar-refractivity contribution is 0.209. The minimum absolute atomic E-state index is 0.201. The summed E-state index contributed by atoms with van der Waals surface area (Å²) in [4.78, 5) is 4.45. The smallest absolute Gasteiger partial charge is 0.237 e. The van der Waals surface area contributed by atoms with Crippen LogP contribution in [-0.4, -0.2) is 17.6 Å². The molecule has 1 fully saturated rings. The number of nitrogens with one attached hydrogen (secondary N) is 1. The number of halogens is 1. The van der Waals surface area contributed by atoms with Gasteiger partial charge in [-0.25, -0.2) is 9.37 Å². The van der Waals surface area contributed by atoms with Gasteiger partial charge in [-0.2, -0.15) is 0 Å². The molecule has 1 unspecified atom stereocenters. The summed E-state index contributed by atoms with van der Waals surface area (Å²) in [6.45, 7) is 0.710. The van der Waals surface area contributed by atoms with Crippen molar-refractivity contribution in [1.82, 2.24) is 4.98 Å². The Morgan fingerprint density at radius 1 is 1.08 bits per heavy atom. The third-order valence-electron chi connectivity index (χ3n) is 5.19. The first-order valence-corrected chi connectivity index (χ1v) is 8.90. The number of ether oxygens (including phenoxy) is 1. The van der Waals surface area contributed by atoms with E-state index in [-0.39, 0.29) is 5.82 Å². The number of hydrogen-bond donors (Lipinski definition) is 1. The van der Waals surface area contributed by atoms with Crippen molar-refractivity contribution in [2.75, 3.05) is 11.9 Å². The molecule has 1 aromatic carbocycles. The second kappa shape index (κ2) is 6.80. The van der Waals surface area contributed by atoms with Gasteiger partial charge in [-0.05, 0) is 54.5 Å². The standard InChI is InChI=1S/C20H23FN2O/c21-17-8-6-14(7-9-17)10-15-11-18-20(22-12-15)24-13-19(23-18)16-4-2-1-3-5-16/h6-9,11-12,16,19,23H,1-5,10,13H2. The SMILES string of the molecule is Fc1ccc(Cc2cnc3c(c2)NC(C2CCCCC2)CO3)cc1. The quantitative estimate of drug-likeness (QED) is 0.897. The first-order chi connectivity index (χ1) is 11.8. The Balaban J connectivity index is 1.48. The predicted octanol–water partition coefficient (Wildman–Crippen LogP) is 4.56. The zero-order chi connectivity index (χ0) is 16.4. The maximum Gasteiger partial charge on any atom is 0.237 e. The Hall–Kier alpha value is -2.10. The van der Waals surface area contributed by atoms with E-state index in [1.807, 2.05) is 18.3 Å². The highest BCUT2D eigenvalue weighted by atomic mass is 19.1. The van der Waals surface area contributed by atoms with Crippen molar-refractivity contribution in [1.29, 1.82) is 0 Å². The van der Waals surface area contributed by atoms with Gasteiger partial charge in [-0.3, -0.25) is 0 Å². The summed E-state index contributed by atoms with van der Waals surface area (Å²) in [7, 11) is 0. The normalized spacial score (nSPS) is 20.8. The number of fused-ring (bicyclic) bond motifs is 1. The van der Waals surface area contributed by atoms with Crippen molar-refractivity contribution in [2.24, 2.45) is 5.92 Å². The number of hydrogen-bond acceptors (Lipinski definition) is 3. The van der Waals surface area contributed by atoms with E-state index in [0.717, 1.165) is 23.2 Å². The van der Waals surface area contributed by atoms with Crippen LogP contribution in [0.4, 0.5) is 10.1 Å². The Bertz CT molecular complexity index is 695. The Morgan fingerprint density at radius 3 is 2.67 bits per heavy atom. The van der Waals surface area contributed by atoms with E-state index in [9.17, 15) is 4.39 Å². The van der Waals surface area contributed by atoms with E-state index in [4.69, 9.17) is 4.74 Å². The number of nitrogens with zero attached hydrogens (tertiary/aromatic N) is 1. The summed E-state index contributed by atoms with van der Waals surface area (Å²) in [6.07, 6.45) is 9.21. The van der Waals surface area contributed by atoms with E-state index < -0.39 is 0 Å². The number of rotatable bonds is 3. The van der Waals surface area contributed by atoms with Crippen molar-refractivity contribution in [3.8, 4) is 5.88 Å². The highest BCUT2D eigenvalue weighted by Gasteiger charge is 2.28. The molecule has 1 N–H and O–H groups in total. The van der Waals surface area contributed by atoms with Crippen LogP contribution in [0.1, 0.15) is 43.2 Å². The van der Waals surface area contributed by atoms with Crippen molar-refractivity contribution in [2.45, 2.75) is 44.6 Å². The molecule has 1 aromatic heterocycles. The minimum atomic E-state index is -0.201. The monoisotopic (exact) mass is 326 g/mol. The van der Waals surface area contributed by atoms with Gasteiger partial charge in [0.1, 0.15) is 12.4 Å². The molecular formula is C20H23FN2O. The fourth-order valence-corrected chi connectivity index (χ4v) is 3.85. The van der Waals surface area contributed by atoms with Crippen LogP contribution in [0.5, 0.6) is 5.88 Å². The molecular weight excluding hydrogens is 303 g/mol. The number of benzene rings is 1. The van der Waals surface area contributed by atoms with Crippen LogP contribution in [0.3, 0.4) is 0 Å². The molecule has 4 rings (SSSR count). The molecule has 0 bridgehead atoms. The largest absolute Gasteiger partial charge is 0.474 e. The molecule has 4 heteroatoms. The van der Waals surface area contributed by atoms with E-state index in [1.165, 1.54) is 44.2 Å². The molecule has 1 aliphatic heterocycles. The van der Waals surface area contributed by atoms with Crippen molar-refractivity contribution in [3.05, 3.63) is 53.5 Å². The topological polar surface area (TPSA) is 34.2 Å². The molecule has 3 nitrogen and oxygen atoms in total. The van der Waals surface area contributed by atoms with Gasteiger partial charge in [-0.15, -0.1) is 0 Å². The number of pyridine rings is 1.